The number of aliphatic hydroxyl groups is 1. The van der Waals surface area contributed by atoms with Crippen molar-refractivity contribution in [3.8, 4) is 0 Å². The number of nitrogens with zero attached hydrogens (tertiary/aromatic N) is 2. The molecule has 0 amide bonds. The third-order valence-corrected chi connectivity index (χ3v) is 5.09. The second-order valence-corrected chi connectivity index (χ2v) is 7.45. The van der Waals surface area contributed by atoms with Gasteiger partial charge in [0.2, 0.25) is 0 Å². The SMILES string of the molecule is C[C@H](OC1CCCCO1)c1nccn1C(/C=C(\F)c1ccc(Br)cc1)CO. The van der Waals surface area contributed by atoms with E-state index in [9.17, 15) is 9.50 Å². The monoisotopic (exact) mass is 438 g/mol. The largest absolute Gasteiger partial charge is 0.394 e. The van der Waals surface area contributed by atoms with Crippen LogP contribution in [0, 0.1) is 0 Å². The zero-order valence-corrected chi connectivity index (χ0v) is 16.8. The van der Waals surface area contributed by atoms with Gasteiger partial charge in [-0.1, -0.05) is 28.1 Å². The summed E-state index contributed by atoms with van der Waals surface area (Å²) in [5.74, 6) is 0.230. The van der Waals surface area contributed by atoms with Crippen molar-refractivity contribution < 1.29 is 19.0 Å². The fourth-order valence-corrected chi connectivity index (χ4v) is 3.39. The molecule has 3 atom stereocenters. The van der Waals surface area contributed by atoms with Gasteiger partial charge in [0.05, 0.1) is 12.6 Å². The Balaban J connectivity index is 1.76. The van der Waals surface area contributed by atoms with Crippen molar-refractivity contribution in [1.82, 2.24) is 9.55 Å². The summed E-state index contributed by atoms with van der Waals surface area (Å²) in [6.07, 6.45) is 7.16. The van der Waals surface area contributed by atoms with E-state index >= 15 is 0 Å². The summed E-state index contributed by atoms with van der Waals surface area (Å²) in [6, 6.07) is 6.35. The van der Waals surface area contributed by atoms with Crippen LogP contribution in [0.5, 0.6) is 0 Å². The molecule has 27 heavy (non-hydrogen) atoms. The highest BCUT2D eigenvalue weighted by atomic mass is 79.9. The van der Waals surface area contributed by atoms with Crippen LogP contribution in [0.15, 0.2) is 47.2 Å². The Kier molecular flexibility index (Phi) is 7.18. The molecule has 1 N–H and O–H groups in total. The van der Waals surface area contributed by atoms with Gasteiger partial charge in [-0.2, -0.15) is 0 Å². The number of hydrogen-bond acceptors (Lipinski definition) is 4. The van der Waals surface area contributed by atoms with E-state index < -0.39 is 11.9 Å². The molecular weight excluding hydrogens is 415 g/mol. The minimum atomic E-state index is -0.579. The van der Waals surface area contributed by atoms with Gasteiger partial charge in [0.1, 0.15) is 17.8 Å². The Hall–Kier alpha value is -1.54. The van der Waals surface area contributed by atoms with E-state index in [-0.39, 0.29) is 19.0 Å². The van der Waals surface area contributed by atoms with Gasteiger partial charge >= 0.3 is 0 Å². The maximum Gasteiger partial charge on any atom is 0.158 e. The lowest BCUT2D eigenvalue weighted by Gasteiger charge is -2.27. The van der Waals surface area contributed by atoms with E-state index in [4.69, 9.17) is 9.47 Å². The minimum Gasteiger partial charge on any atom is -0.394 e. The smallest absolute Gasteiger partial charge is 0.158 e. The van der Waals surface area contributed by atoms with Crippen molar-refractivity contribution in [2.24, 2.45) is 0 Å². The van der Waals surface area contributed by atoms with E-state index in [1.807, 2.05) is 6.92 Å². The molecule has 5 nitrogen and oxygen atoms in total. The summed E-state index contributed by atoms with van der Waals surface area (Å²) in [4.78, 5) is 4.36. The van der Waals surface area contributed by atoms with Gasteiger partial charge in [0.15, 0.2) is 6.29 Å². The standard InChI is InChI=1S/C20H24BrFN2O3/c1-14(27-19-4-2-3-11-26-19)20-23-9-10-24(20)17(13-25)12-18(22)15-5-7-16(21)8-6-15/h5-10,12,14,17,19,25H,2-4,11,13H2,1H3/b18-12-/t14-,17?,19?/m0/s1. The lowest BCUT2D eigenvalue weighted by atomic mass is 10.1. The summed E-state index contributed by atoms with van der Waals surface area (Å²) >= 11 is 3.34. The van der Waals surface area contributed by atoms with Gasteiger partial charge in [-0.15, -0.1) is 0 Å². The summed E-state index contributed by atoms with van der Waals surface area (Å²) in [5.41, 5.74) is 0.457. The molecule has 2 aromatic rings. The summed E-state index contributed by atoms with van der Waals surface area (Å²) < 4.78 is 28.9. The van der Waals surface area contributed by atoms with Crippen LogP contribution < -0.4 is 0 Å². The van der Waals surface area contributed by atoms with Crippen molar-refractivity contribution in [3.05, 3.63) is 58.6 Å². The second-order valence-electron chi connectivity index (χ2n) is 6.54. The van der Waals surface area contributed by atoms with Crippen LogP contribution in [0.2, 0.25) is 0 Å². The number of aromatic nitrogens is 2. The second kappa shape index (κ2) is 9.59. The summed E-state index contributed by atoms with van der Waals surface area (Å²) in [5, 5.41) is 9.83. The summed E-state index contributed by atoms with van der Waals surface area (Å²) in [6.45, 7) is 2.34. The molecule has 146 valence electrons. The fourth-order valence-electron chi connectivity index (χ4n) is 3.12. The lowest BCUT2D eigenvalue weighted by molar-refractivity contribution is -0.188. The molecule has 0 radical (unpaired) electrons. The molecular formula is C20H24BrFN2O3. The predicted octanol–water partition coefficient (Wildman–Crippen LogP) is 4.79. The number of ether oxygens (including phenoxy) is 2. The van der Waals surface area contributed by atoms with Crippen molar-refractivity contribution in [2.45, 2.75) is 44.6 Å². The number of halogens is 2. The number of rotatable bonds is 7. The van der Waals surface area contributed by atoms with E-state index in [0.29, 0.717) is 18.0 Å². The van der Waals surface area contributed by atoms with Gasteiger partial charge in [-0.25, -0.2) is 9.37 Å². The Bertz CT molecular complexity index is 757. The zero-order valence-electron chi connectivity index (χ0n) is 15.2. The van der Waals surface area contributed by atoms with Crippen LogP contribution in [0.4, 0.5) is 4.39 Å². The molecule has 2 heterocycles. The molecule has 1 aromatic carbocycles. The van der Waals surface area contributed by atoms with Gasteiger partial charge < -0.3 is 19.1 Å². The van der Waals surface area contributed by atoms with Crippen LogP contribution in [-0.4, -0.2) is 34.2 Å². The van der Waals surface area contributed by atoms with E-state index in [0.717, 1.165) is 23.7 Å². The fraction of sp³-hybridized carbons (Fsp3) is 0.450. The Labute approximate surface area is 167 Å². The molecule has 0 bridgehead atoms. The van der Waals surface area contributed by atoms with Crippen LogP contribution >= 0.6 is 15.9 Å². The van der Waals surface area contributed by atoms with Crippen LogP contribution in [0.3, 0.4) is 0 Å². The molecule has 3 rings (SSSR count). The Morgan fingerprint density at radius 1 is 1.44 bits per heavy atom. The van der Waals surface area contributed by atoms with Crippen molar-refractivity contribution >= 4 is 21.8 Å². The molecule has 0 aliphatic carbocycles. The van der Waals surface area contributed by atoms with Crippen molar-refractivity contribution in [2.75, 3.05) is 13.2 Å². The maximum atomic E-state index is 14.7. The first-order chi connectivity index (χ1) is 13.1. The number of benzene rings is 1. The number of aliphatic hydroxyl groups excluding tert-OH is 1. The van der Waals surface area contributed by atoms with Gasteiger partial charge in [-0.3, -0.25) is 0 Å². The molecule has 1 aliphatic heterocycles. The van der Waals surface area contributed by atoms with Crippen LogP contribution in [0.25, 0.3) is 5.83 Å². The first-order valence-corrected chi connectivity index (χ1v) is 9.91. The van der Waals surface area contributed by atoms with E-state index in [1.54, 1.807) is 41.2 Å². The molecule has 1 saturated heterocycles. The average molecular weight is 439 g/mol. The van der Waals surface area contributed by atoms with Gasteiger partial charge in [0.25, 0.3) is 0 Å². The molecule has 1 aromatic heterocycles. The van der Waals surface area contributed by atoms with E-state index in [2.05, 4.69) is 20.9 Å². The predicted molar refractivity (Wildman–Crippen MR) is 105 cm³/mol. The highest BCUT2D eigenvalue weighted by Gasteiger charge is 2.23. The Morgan fingerprint density at radius 3 is 2.89 bits per heavy atom. The molecule has 1 fully saturated rings. The number of imidazole rings is 1. The average Bonchev–Trinajstić information content (AvgIpc) is 3.17. The zero-order chi connectivity index (χ0) is 19.2. The highest BCUT2D eigenvalue weighted by molar-refractivity contribution is 9.10. The molecule has 2 unspecified atom stereocenters. The quantitative estimate of drug-likeness (QED) is 0.674. The lowest BCUT2D eigenvalue weighted by Crippen LogP contribution is -2.25. The molecule has 0 saturated carbocycles. The summed E-state index contributed by atoms with van der Waals surface area (Å²) in [7, 11) is 0. The molecule has 7 heteroatoms. The van der Waals surface area contributed by atoms with Crippen LogP contribution in [0.1, 0.15) is 49.7 Å². The van der Waals surface area contributed by atoms with Crippen molar-refractivity contribution in [3.63, 3.8) is 0 Å². The van der Waals surface area contributed by atoms with Crippen LogP contribution in [-0.2, 0) is 9.47 Å². The Morgan fingerprint density at radius 2 is 2.22 bits per heavy atom. The topological polar surface area (TPSA) is 56.5 Å². The molecule has 0 spiro atoms. The van der Waals surface area contributed by atoms with Gasteiger partial charge in [-0.05, 0) is 44.4 Å². The third-order valence-electron chi connectivity index (χ3n) is 4.56. The molecule has 1 aliphatic rings. The highest BCUT2D eigenvalue weighted by Crippen LogP contribution is 2.27. The minimum absolute atomic E-state index is 0.249. The normalized spacial score (nSPS) is 20.4. The van der Waals surface area contributed by atoms with Gasteiger partial charge in [0, 0.05) is 29.0 Å². The van der Waals surface area contributed by atoms with E-state index in [1.165, 1.54) is 6.08 Å². The first-order valence-electron chi connectivity index (χ1n) is 9.12. The first kappa shape index (κ1) is 20.2. The third kappa shape index (κ3) is 5.25. The maximum absolute atomic E-state index is 14.7. The number of hydrogen-bond donors (Lipinski definition) is 1. The van der Waals surface area contributed by atoms with Crippen molar-refractivity contribution in [1.29, 1.82) is 0 Å².